The van der Waals surface area contributed by atoms with Crippen LogP contribution in [0.5, 0.6) is 0 Å². The summed E-state index contributed by atoms with van der Waals surface area (Å²) in [6, 6.07) is 12.3. The molecule has 1 aliphatic heterocycles. The molecule has 1 aliphatic rings. The van der Waals surface area contributed by atoms with Gasteiger partial charge in [-0.2, -0.15) is 31.9 Å². The van der Waals surface area contributed by atoms with Gasteiger partial charge in [0.2, 0.25) is 5.60 Å². The van der Waals surface area contributed by atoms with Crippen LogP contribution in [-0.4, -0.2) is 60.9 Å². The lowest BCUT2D eigenvalue weighted by atomic mass is 10.0. The maximum atomic E-state index is 13.3. The minimum Gasteiger partial charge on any atom is -0.374 e. The number of hydrogen-bond donors (Lipinski definition) is 2. The molecule has 0 fully saturated rings. The Labute approximate surface area is 239 Å². The first kappa shape index (κ1) is 30.7. The summed E-state index contributed by atoms with van der Waals surface area (Å²) in [6.07, 6.45) is -3.64. The Kier molecular flexibility index (Phi) is 7.94. The molecule has 15 heteroatoms. The second kappa shape index (κ2) is 10.9. The average molecular weight is 605 g/mol. The Hall–Kier alpha value is -4.26. The predicted octanol–water partition coefficient (Wildman–Crippen LogP) is 3.87. The van der Waals surface area contributed by atoms with E-state index in [2.05, 4.69) is 10.1 Å². The molecule has 11 nitrogen and oxygen atoms in total. The van der Waals surface area contributed by atoms with Crippen LogP contribution in [0.1, 0.15) is 53.0 Å². The molecule has 4 aromatic rings. The van der Waals surface area contributed by atoms with Crippen LogP contribution in [-0.2, 0) is 29.3 Å². The van der Waals surface area contributed by atoms with Crippen LogP contribution < -0.4 is 0 Å². The van der Waals surface area contributed by atoms with Gasteiger partial charge in [0.1, 0.15) is 5.69 Å². The Morgan fingerprint density at radius 3 is 2.38 bits per heavy atom. The third-order valence-electron chi connectivity index (χ3n) is 6.91. The van der Waals surface area contributed by atoms with Crippen molar-refractivity contribution in [2.75, 3.05) is 6.54 Å². The van der Waals surface area contributed by atoms with E-state index >= 15 is 0 Å². The number of carbonyl (C=O) groups is 1. The number of nitriles is 1. The highest BCUT2D eigenvalue weighted by molar-refractivity contribution is 7.85. The number of hydrogen-bond acceptors (Lipinski definition) is 7. The van der Waals surface area contributed by atoms with Crippen molar-refractivity contribution >= 4 is 26.9 Å². The summed E-state index contributed by atoms with van der Waals surface area (Å²) < 4.78 is 72.3. The minimum atomic E-state index is -4.89. The summed E-state index contributed by atoms with van der Waals surface area (Å²) in [4.78, 5) is 18.6. The van der Waals surface area contributed by atoms with E-state index in [9.17, 15) is 31.5 Å². The largest absolute Gasteiger partial charge is 0.424 e. The number of benzene rings is 2. The van der Waals surface area contributed by atoms with Gasteiger partial charge in [0, 0.05) is 19.0 Å². The molecule has 3 heterocycles. The van der Waals surface area contributed by atoms with Crippen molar-refractivity contribution in [3.8, 4) is 6.07 Å². The molecule has 2 aromatic heterocycles. The van der Waals surface area contributed by atoms with E-state index in [0.717, 1.165) is 5.56 Å². The van der Waals surface area contributed by atoms with E-state index in [-0.39, 0.29) is 23.9 Å². The summed E-state index contributed by atoms with van der Waals surface area (Å²) in [6.45, 7) is 4.35. The van der Waals surface area contributed by atoms with Crippen LogP contribution in [0.4, 0.5) is 13.2 Å². The fraction of sp³-hybridized carbons (Fsp3) is 0.333. The predicted molar refractivity (Wildman–Crippen MR) is 144 cm³/mol. The van der Waals surface area contributed by atoms with E-state index in [1.807, 2.05) is 13.0 Å². The van der Waals surface area contributed by atoms with Gasteiger partial charge in [-0.15, -0.1) is 0 Å². The zero-order chi connectivity index (χ0) is 31.2. The molecule has 222 valence electrons. The van der Waals surface area contributed by atoms with Gasteiger partial charge in [-0.25, -0.2) is 4.98 Å². The monoisotopic (exact) mass is 604 g/mol. The molecule has 0 spiro atoms. The van der Waals surface area contributed by atoms with Crippen molar-refractivity contribution in [2.45, 2.75) is 50.0 Å². The third kappa shape index (κ3) is 5.73. The number of rotatable bonds is 3. The highest BCUT2D eigenvalue weighted by Gasteiger charge is 2.55. The number of alkyl halides is 3. The molecule has 0 saturated carbocycles. The maximum absolute atomic E-state index is 13.3. The van der Waals surface area contributed by atoms with Gasteiger partial charge in [0.15, 0.2) is 5.82 Å². The number of amides is 1. The van der Waals surface area contributed by atoms with Crippen molar-refractivity contribution in [2.24, 2.45) is 7.05 Å². The number of aromatic nitrogens is 4. The van der Waals surface area contributed by atoms with E-state index in [1.165, 1.54) is 32.5 Å². The number of nitrogens with zero attached hydrogens (tertiary/aromatic N) is 6. The molecule has 0 radical (unpaired) electrons. The summed E-state index contributed by atoms with van der Waals surface area (Å²) in [7, 11) is -2.40. The van der Waals surface area contributed by atoms with Crippen molar-refractivity contribution in [1.82, 2.24) is 24.2 Å². The minimum absolute atomic E-state index is 0.0348. The number of carbonyl (C=O) groups excluding carboxylic acids is 1. The van der Waals surface area contributed by atoms with E-state index < -0.39 is 33.8 Å². The summed E-state index contributed by atoms with van der Waals surface area (Å²) in [5, 5.41) is 24.0. The van der Waals surface area contributed by atoms with E-state index in [1.54, 1.807) is 44.3 Å². The Morgan fingerprint density at radius 1 is 1.17 bits per heavy atom. The van der Waals surface area contributed by atoms with Crippen LogP contribution in [0.3, 0.4) is 0 Å². The first-order valence-corrected chi connectivity index (χ1v) is 14.0. The van der Waals surface area contributed by atoms with Crippen LogP contribution in [0.2, 0.25) is 0 Å². The van der Waals surface area contributed by atoms with Gasteiger partial charge in [-0.1, -0.05) is 17.7 Å². The number of aliphatic hydroxyl groups is 1. The maximum Gasteiger partial charge on any atom is 0.424 e. The Bertz CT molecular complexity index is 1800. The van der Waals surface area contributed by atoms with Gasteiger partial charge in [-0.05, 0) is 51.1 Å². The standard InChI is InChI=1S/C20H19F3N6O2.C7H8O3S/c1-11-9-28(10-13-8-25-18(29(11)13)19(2,31)20(21,22)23)17(30)16-14-5-4-12(7-24)6-15(14)26-27(16)3;1-6-2-4-7(5-3-6)11(8,9)10/h4-6,8,11,31H,9-10H2,1-3H3;2-5H,1H3,(H,8,9,10)/t11-,19+;/m0./s1. The van der Waals surface area contributed by atoms with Gasteiger partial charge in [0.05, 0.1) is 46.5 Å². The van der Waals surface area contributed by atoms with Crippen LogP contribution in [0, 0.1) is 18.3 Å². The number of halogens is 3. The normalized spacial score (nSPS) is 16.7. The van der Waals surface area contributed by atoms with Crippen molar-refractivity contribution < 1.29 is 36.0 Å². The van der Waals surface area contributed by atoms with E-state index in [0.29, 0.717) is 34.8 Å². The Balaban J connectivity index is 0.000000310. The summed E-state index contributed by atoms with van der Waals surface area (Å²) in [5.41, 5.74) is -0.514. The highest BCUT2D eigenvalue weighted by Crippen LogP contribution is 2.40. The number of fused-ring (bicyclic) bond motifs is 2. The molecular formula is C27H27F3N6O5S. The van der Waals surface area contributed by atoms with Gasteiger partial charge in [-0.3, -0.25) is 14.0 Å². The molecule has 2 atom stereocenters. The average Bonchev–Trinajstić information content (AvgIpc) is 3.48. The second-order valence-corrected chi connectivity index (χ2v) is 11.6. The molecule has 0 unspecified atom stereocenters. The van der Waals surface area contributed by atoms with E-state index in [4.69, 9.17) is 9.81 Å². The van der Waals surface area contributed by atoms with Gasteiger partial charge >= 0.3 is 6.18 Å². The topological polar surface area (TPSA) is 154 Å². The molecule has 2 N–H and O–H groups in total. The van der Waals surface area contributed by atoms with Gasteiger partial charge in [0.25, 0.3) is 16.0 Å². The smallest absolute Gasteiger partial charge is 0.374 e. The highest BCUT2D eigenvalue weighted by atomic mass is 32.2. The quantitative estimate of drug-likeness (QED) is 0.334. The number of aryl methyl sites for hydroxylation is 2. The molecule has 5 rings (SSSR count). The molecule has 0 bridgehead atoms. The first-order valence-electron chi connectivity index (χ1n) is 12.5. The van der Waals surface area contributed by atoms with Crippen molar-refractivity contribution in [3.05, 3.63) is 77.0 Å². The summed E-state index contributed by atoms with van der Waals surface area (Å²) in [5.74, 6) is -0.831. The lowest BCUT2D eigenvalue weighted by Crippen LogP contribution is -2.46. The lowest BCUT2D eigenvalue weighted by Gasteiger charge is -2.36. The molecule has 42 heavy (non-hydrogen) atoms. The SMILES string of the molecule is C[C@H]1CN(C(=O)c2c3ccc(C#N)cc3nn2C)Cc2cnc([C@@](C)(O)C(F)(F)F)n21.Cc1ccc(S(=O)(=O)O)cc1. The zero-order valence-electron chi connectivity index (χ0n) is 23.0. The van der Waals surface area contributed by atoms with Crippen LogP contribution in [0.25, 0.3) is 10.9 Å². The molecular weight excluding hydrogens is 577 g/mol. The lowest BCUT2D eigenvalue weighted by molar-refractivity contribution is -0.263. The van der Waals surface area contributed by atoms with Gasteiger partial charge < -0.3 is 14.6 Å². The fourth-order valence-corrected chi connectivity index (χ4v) is 5.17. The first-order chi connectivity index (χ1) is 19.5. The van der Waals surface area contributed by atoms with Crippen molar-refractivity contribution in [3.63, 3.8) is 0 Å². The summed E-state index contributed by atoms with van der Waals surface area (Å²) >= 11 is 0. The zero-order valence-corrected chi connectivity index (χ0v) is 23.8. The fourth-order valence-electron chi connectivity index (χ4n) is 4.69. The number of imidazole rings is 1. The van der Waals surface area contributed by atoms with Crippen molar-refractivity contribution in [1.29, 1.82) is 5.26 Å². The third-order valence-corrected chi connectivity index (χ3v) is 7.78. The Morgan fingerprint density at radius 2 is 1.81 bits per heavy atom. The molecule has 0 aliphatic carbocycles. The molecule has 2 aromatic carbocycles. The molecule has 1 amide bonds. The van der Waals surface area contributed by atoms with Crippen LogP contribution in [0.15, 0.2) is 53.6 Å². The second-order valence-electron chi connectivity index (χ2n) is 10.2. The molecule has 0 saturated heterocycles. The van der Waals surface area contributed by atoms with Crippen LogP contribution >= 0.6 is 0 Å².